The maximum Gasteiger partial charge on any atom is 0.0728 e. The lowest BCUT2D eigenvalue weighted by Gasteiger charge is -2.61. The lowest BCUT2D eigenvalue weighted by Crippen LogP contribution is -2.58. The van der Waals surface area contributed by atoms with Crippen LogP contribution in [0.5, 0.6) is 0 Å². The molecule has 8 unspecified atom stereocenters. The molecule has 9 aromatic rings. The molecule has 19 rings (SSSR count). The maximum atomic E-state index is 5.87. The van der Waals surface area contributed by atoms with E-state index in [4.69, 9.17) is 9.97 Å². The second-order valence-electron chi connectivity index (χ2n) is 31.8. The zero-order valence-electron chi connectivity index (χ0n) is 51.4. The predicted octanol–water partition coefficient (Wildman–Crippen LogP) is 21.4. The van der Waals surface area contributed by atoms with Crippen molar-refractivity contribution in [2.24, 2.45) is 29.1 Å². The summed E-state index contributed by atoms with van der Waals surface area (Å²) in [6.45, 7) is 32.7. The Labute approximate surface area is 487 Å². The molecule has 5 fully saturated rings. The van der Waals surface area contributed by atoms with Crippen LogP contribution >= 0.6 is 0 Å². The van der Waals surface area contributed by atoms with Crippen LogP contribution in [0.1, 0.15) is 263 Å². The van der Waals surface area contributed by atoms with Gasteiger partial charge in [-0.3, -0.25) is 9.97 Å². The fourth-order valence-electron chi connectivity index (χ4n) is 22.7. The molecule has 7 bridgehead atoms. The molecule has 1 spiro atoms. The van der Waals surface area contributed by atoms with E-state index in [1.807, 2.05) is 0 Å². The highest BCUT2D eigenvalue weighted by Gasteiger charge is 2.67. The van der Waals surface area contributed by atoms with Crippen LogP contribution in [0.2, 0.25) is 0 Å². The molecule has 416 valence electrons. The Bertz CT molecular complexity index is 4260. The van der Waals surface area contributed by atoms with Crippen LogP contribution in [0.15, 0.2) is 85.2 Å². The third-order valence-corrected chi connectivity index (χ3v) is 26.5. The van der Waals surface area contributed by atoms with E-state index < -0.39 is 0 Å². The van der Waals surface area contributed by atoms with Gasteiger partial charge in [0.25, 0.3) is 0 Å². The van der Waals surface area contributed by atoms with Crippen LogP contribution in [0.3, 0.4) is 0 Å². The molecule has 0 amide bonds. The Morgan fingerprint density at radius 3 is 1.38 bits per heavy atom. The predicted molar refractivity (Wildman–Crippen MR) is 342 cm³/mol. The Kier molecular flexibility index (Phi) is 9.64. The SMILES string of the molecule is CC(C)c1cccc(C(C)C)c1-c1ccc2c(c1)C(C)(C)C1(C)c3c-2c2c4c5c(ncc4n4c6cnc7c(c6c(c3-c3ccc(-c6c(C(C)C)cccc6C(C)C)cc3C1(C)C)c24)C1CC2CC3CC7CC32C1)C1CC2CC(C1)CC5C2. The van der Waals surface area contributed by atoms with Crippen LogP contribution in [0.4, 0.5) is 0 Å². The van der Waals surface area contributed by atoms with E-state index in [0.29, 0.717) is 52.8 Å². The smallest absolute Gasteiger partial charge is 0.0728 e. The lowest BCUT2D eigenvalue weighted by molar-refractivity contribution is 0.00321. The highest BCUT2D eigenvalue weighted by molar-refractivity contribution is 6.33. The summed E-state index contributed by atoms with van der Waals surface area (Å²) in [6.07, 6.45) is 18.4. The second-order valence-corrected chi connectivity index (χ2v) is 31.8. The molecular weight excluding hydrogens is 991 g/mol. The summed E-state index contributed by atoms with van der Waals surface area (Å²) in [4.78, 5) is 11.7. The largest absolute Gasteiger partial charge is 0.305 e. The molecule has 8 atom stereocenters. The normalized spacial score (nSPS) is 29.8. The standard InChI is InChI=1S/C79H85N3/c1-38(2)52-16-14-17-53(39(3)4)62(52)44-20-22-56-58(31-44)76(9,10)78(13)72-66(56)70-68-60(36-80-73-47-27-42-24-43(28-47)26-46(25-42)64(68)73)82-61-37-81-74-49-30-51-33-50-29-48(34-79(50,51)35-49)65(74)69(61)71(75(70)82)67(72)57-23-21-45(32-59(57)77(78,11)12)63-54(40(5)6)18-15-19-55(63)41(7)8/h14-23,31-32,36-43,46-51H,24-30,33-35H2,1-13H3. The molecular formula is C79H85N3. The van der Waals surface area contributed by atoms with Crippen molar-refractivity contribution in [2.45, 2.75) is 218 Å². The molecule has 0 saturated heterocycles. The molecule has 4 heterocycles. The van der Waals surface area contributed by atoms with Crippen molar-refractivity contribution in [3.8, 4) is 44.5 Å². The lowest BCUT2D eigenvalue weighted by atomic mass is 9.41. The van der Waals surface area contributed by atoms with Crippen LogP contribution in [0, 0.1) is 29.1 Å². The average molecular weight is 1080 g/mol. The first-order valence-electron chi connectivity index (χ1n) is 33.0. The minimum absolute atomic E-state index is 0.301. The van der Waals surface area contributed by atoms with Gasteiger partial charge in [0.15, 0.2) is 0 Å². The molecule has 10 aliphatic carbocycles. The van der Waals surface area contributed by atoms with Gasteiger partial charge in [0.1, 0.15) is 0 Å². The number of pyridine rings is 2. The minimum Gasteiger partial charge on any atom is -0.305 e. The molecule has 3 heteroatoms. The summed E-state index contributed by atoms with van der Waals surface area (Å²) in [6, 6.07) is 30.2. The van der Waals surface area contributed by atoms with Gasteiger partial charge in [0.2, 0.25) is 0 Å². The van der Waals surface area contributed by atoms with Crippen molar-refractivity contribution in [3.63, 3.8) is 0 Å². The van der Waals surface area contributed by atoms with Crippen molar-refractivity contribution < 1.29 is 0 Å². The zero-order chi connectivity index (χ0) is 55.9. The van der Waals surface area contributed by atoms with Gasteiger partial charge in [-0.1, -0.05) is 151 Å². The summed E-state index contributed by atoms with van der Waals surface area (Å²) >= 11 is 0. The molecule has 0 radical (unpaired) electrons. The number of aromatic nitrogens is 3. The van der Waals surface area contributed by atoms with E-state index in [2.05, 4.69) is 180 Å². The number of hydrogen-bond acceptors (Lipinski definition) is 2. The molecule has 82 heavy (non-hydrogen) atoms. The Morgan fingerprint density at radius 2 is 0.890 bits per heavy atom. The Hall–Kier alpha value is -5.80. The van der Waals surface area contributed by atoms with Gasteiger partial charge in [-0.15, -0.1) is 0 Å². The van der Waals surface area contributed by atoms with Gasteiger partial charge in [-0.2, -0.15) is 0 Å². The van der Waals surface area contributed by atoms with E-state index >= 15 is 0 Å². The fraction of sp³-hybridized carbons (Fsp3) is 0.494. The topological polar surface area (TPSA) is 30.2 Å². The zero-order valence-corrected chi connectivity index (χ0v) is 51.4. The van der Waals surface area contributed by atoms with Gasteiger partial charge in [0.05, 0.1) is 28.9 Å². The fourth-order valence-corrected chi connectivity index (χ4v) is 22.7. The Morgan fingerprint density at radius 1 is 0.451 bits per heavy atom. The van der Waals surface area contributed by atoms with Crippen molar-refractivity contribution in [3.05, 3.63) is 147 Å². The number of rotatable bonds is 6. The van der Waals surface area contributed by atoms with Gasteiger partial charge in [0, 0.05) is 61.0 Å². The summed E-state index contributed by atoms with van der Waals surface area (Å²) in [5.74, 6) is 7.24. The first-order chi connectivity index (χ1) is 39.3. The highest BCUT2D eigenvalue weighted by Crippen LogP contribution is 2.77. The number of nitrogens with zero attached hydrogens (tertiary/aromatic N) is 3. The second kappa shape index (κ2) is 15.9. The molecule has 5 saturated carbocycles. The number of hydrogen-bond donors (Lipinski definition) is 0. The van der Waals surface area contributed by atoms with E-state index in [9.17, 15) is 0 Å². The van der Waals surface area contributed by atoms with Gasteiger partial charge in [-0.05, 0) is 236 Å². The third-order valence-electron chi connectivity index (χ3n) is 26.5. The molecule has 0 aliphatic heterocycles. The molecule has 0 N–H and O–H groups in total. The molecule has 5 aromatic carbocycles. The maximum absolute atomic E-state index is 5.87. The first kappa shape index (κ1) is 49.6. The van der Waals surface area contributed by atoms with Crippen molar-refractivity contribution in [1.29, 1.82) is 0 Å². The summed E-state index contributed by atoms with van der Waals surface area (Å²) in [5, 5.41) is 6.19. The minimum atomic E-state index is -0.357. The number of benzene rings is 5. The van der Waals surface area contributed by atoms with Crippen LogP contribution < -0.4 is 0 Å². The molecule has 4 aromatic heterocycles. The van der Waals surface area contributed by atoms with E-state index in [0.717, 1.165) is 23.7 Å². The van der Waals surface area contributed by atoms with Gasteiger partial charge < -0.3 is 4.40 Å². The summed E-state index contributed by atoms with van der Waals surface area (Å²) in [7, 11) is 0. The quantitative estimate of drug-likeness (QED) is 0.166. The van der Waals surface area contributed by atoms with E-state index in [1.165, 1.54) is 170 Å². The number of fused-ring (bicyclic) bond motifs is 18. The molecule has 3 nitrogen and oxygen atoms in total. The summed E-state index contributed by atoms with van der Waals surface area (Å²) in [5.41, 5.74) is 32.1. The van der Waals surface area contributed by atoms with Gasteiger partial charge >= 0.3 is 0 Å². The average Bonchev–Trinajstić information content (AvgIpc) is 1.27. The van der Waals surface area contributed by atoms with E-state index in [1.54, 1.807) is 38.2 Å². The van der Waals surface area contributed by atoms with Crippen molar-refractivity contribution in [1.82, 2.24) is 14.4 Å². The van der Waals surface area contributed by atoms with Crippen LogP contribution in [-0.4, -0.2) is 14.4 Å². The van der Waals surface area contributed by atoms with Crippen LogP contribution in [0.25, 0.3) is 82.6 Å². The Balaban J connectivity index is 1.05. The van der Waals surface area contributed by atoms with Gasteiger partial charge in [-0.25, -0.2) is 0 Å². The van der Waals surface area contributed by atoms with Crippen LogP contribution in [-0.2, 0) is 16.2 Å². The highest BCUT2D eigenvalue weighted by atomic mass is 15.0. The molecule has 10 aliphatic rings. The first-order valence-corrected chi connectivity index (χ1v) is 33.0. The summed E-state index contributed by atoms with van der Waals surface area (Å²) < 4.78 is 2.82. The monoisotopic (exact) mass is 1080 g/mol. The third kappa shape index (κ3) is 5.70. The van der Waals surface area contributed by atoms with Crippen molar-refractivity contribution in [2.75, 3.05) is 0 Å². The van der Waals surface area contributed by atoms with E-state index in [-0.39, 0.29) is 16.2 Å². The van der Waals surface area contributed by atoms with Crippen molar-refractivity contribution >= 4 is 38.1 Å².